The fourth-order valence-corrected chi connectivity index (χ4v) is 5.54. The SMILES string of the molecule is COc1cc(/C=N/NC(=O)c2ccc(COc3ccc(-n4c(C)ccc4C)cc3)o2)c(Br)c(Br)c1OCC(=O)Nc1cccc(F)c1. The van der Waals surface area contributed by atoms with E-state index in [0.29, 0.717) is 37.5 Å². The average molecular weight is 768 g/mol. The molecular weight excluding hydrogens is 739 g/mol. The largest absolute Gasteiger partial charge is 0.493 e. The summed E-state index contributed by atoms with van der Waals surface area (Å²) in [4.78, 5) is 25.0. The van der Waals surface area contributed by atoms with E-state index < -0.39 is 17.6 Å². The predicted molar refractivity (Wildman–Crippen MR) is 182 cm³/mol. The van der Waals surface area contributed by atoms with Crippen molar-refractivity contribution in [1.82, 2.24) is 9.99 Å². The van der Waals surface area contributed by atoms with Crippen LogP contribution in [0.3, 0.4) is 0 Å². The molecule has 0 aliphatic heterocycles. The van der Waals surface area contributed by atoms with Crippen molar-refractivity contribution in [3.8, 4) is 22.9 Å². The van der Waals surface area contributed by atoms with Crippen molar-refractivity contribution < 1.29 is 32.6 Å². The van der Waals surface area contributed by atoms with E-state index >= 15 is 0 Å². The van der Waals surface area contributed by atoms with Gasteiger partial charge in [-0.25, -0.2) is 9.82 Å². The zero-order chi connectivity index (χ0) is 33.5. The first kappa shape index (κ1) is 33.5. The molecule has 2 aromatic heterocycles. The number of carbonyl (C=O) groups is 2. The molecule has 2 amide bonds. The van der Waals surface area contributed by atoms with Crippen LogP contribution in [0.4, 0.5) is 10.1 Å². The highest BCUT2D eigenvalue weighted by Gasteiger charge is 2.18. The smallest absolute Gasteiger partial charge is 0.307 e. The molecule has 2 heterocycles. The molecule has 10 nitrogen and oxygen atoms in total. The van der Waals surface area contributed by atoms with Crippen molar-refractivity contribution in [3.05, 3.63) is 122 Å². The fraction of sp³-hybridized carbons (Fsp3) is 0.147. The van der Waals surface area contributed by atoms with Gasteiger partial charge in [0, 0.05) is 32.8 Å². The number of nitrogens with one attached hydrogen (secondary N) is 2. The van der Waals surface area contributed by atoms with Crippen molar-refractivity contribution in [2.75, 3.05) is 19.0 Å². The first-order valence-corrected chi connectivity index (χ1v) is 15.8. The van der Waals surface area contributed by atoms with Crippen LogP contribution in [0.2, 0.25) is 0 Å². The quantitative estimate of drug-likeness (QED) is 0.0993. The van der Waals surface area contributed by atoms with Crippen LogP contribution in [-0.4, -0.2) is 36.3 Å². The van der Waals surface area contributed by atoms with Crippen LogP contribution in [0.25, 0.3) is 5.69 Å². The molecule has 0 saturated carbocycles. The molecule has 0 bridgehead atoms. The van der Waals surface area contributed by atoms with Gasteiger partial charge in [0.2, 0.25) is 0 Å². The number of furan rings is 1. The van der Waals surface area contributed by atoms with Gasteiger partial charge in [-0.2, -0.15) is 5.10 Å². The molecule has 13 heteroatoms. The van der Waals surface area contributed by atoms with Gasteiger partial charge in [-0.05, 0) is 119 Å². The zero-order valence-corrected chi connectivity index (χ0v) is 28.6. The molecule has 0 saturated heterocycles. The monoisotopic (exact) mass is 766 g/mol. The maximum Gasteiger partial charge on any atom is 0.307 e. The fourth-order valence-electron chi connectivity index (χ4n) is 4.60. The third kappa shape index (κ3) is 8.29. The number of hydrogen-bond acceptors (Lipinski definition) is 7. The van der Waals surface area contributed by atoms with E-state index in [0.717, 1.165) is 17.1 Å². The van der Waals surface area contributed by atoms with Gasteiger partial charge in [0.15, 0.2) is 23.9 Å². The second-order valence-electron chi connectivity index (χ2n) is 10.2. The maximum absolute atomic E-state index is 13.4. The Morgan fingerprint density at radius 1 is 0.957 bits per heavy atom. The van der Waals surface area contributed by atoms with Gasteiger partial charge in [-0.15, -0.1) is 0 Å². The van der Waals surface area contributed by atoms with E-state index in [-0.39, 0.29) is 24.7 Å². The molecule has 242 valence electrons. The number of halogens is 3. The second kappa shape index (κ2) is 15.1. The van der Waals surface area contributed by atoms with Crippen molar-refractivity contribution in [2.24, 2.45) is 5.10 Å². The topological polar surface area (TPSA) is 116 Å². The third-order valence-corrected chi connectivity index (χ3v) is 8.98. The highest BCUT2D eigenvalue weighted by Crippen LogP contribution is 2.42. The van der Waals surface area contributed by atoms with Crippen molar-refractivity contribution in [1.29, 1.82) is 0 Å². The predicted octanol–water partition coefficient (Wildman–Crippen LogP) is 7.72. The van der Waals surface area contributed by atoms with E-state index in [1.807, 2.05) is 24.3 Å². The lowest BCUT2D eigenvalue weighted by Crippen LogP contribution is -2.20. The molecule has 2 N–H and O–H groups in total. The van der Waals surface area contributed by atoms with Gasteiger partial charge in [-0.1, -0.05) is 6.07 Å². The van der Waals surface area contributed by atoms with Crippen LogP contribution in [0.1, 0.15) is 33.3 Å². The molecule has 0 unspecified atom stereocenters. The van der Waals surface area contributed by atoms with Crippen LogP contribution in [0, 0.1) is 19.7 Å². The Labute approximate surface area is 286 Å². The second-order valence-corrected chi connectivity index (χ2v) is 11.8. The van der Waals surface area contributed by atoms with Crippen LogP contribution in [-0.2, 0) is 11.4 Å². The summed E-state index contributed by atoms with van der Waals surface area (Å²) in [6.07, 6.45) is 1.41. The highest BCUT2D eigenvalue weighted by atomic mass is 79.9. The summed E-state index contributed by atoms with van der Waals surface area (Å²) in [7, 11) is 1.44. The molecule has 5 aromatic rings. The van der Waals surface area contributed by atoms with Gasteiger partial charge in [0.25, 0.3) is 5.91 Å². The number of benzene rings is 3. The van der Waals surface area contributed by atoms with Gasteiger partial charge in [-0.3, -0.25) is 9.59 Å². The number of nitrogens with zero attached hydrogens (tertiary/aromatic N) is 2. The summed E-state index contributed by atoms with van der Waals surface area (Å²) >= 11 is 6.92. The molecule has 0 spiro atoms. The first-order valence-electron chi connectivity index (χ1n) is 14.2. The van der Waals surface area contributed by atoms with Crippen LogP contribution in [0.5, 0.6) is 17.2 Å². The minimum atomic E-state index is -0.555. The Balaban J connectivity index is 1.15. The van der Waals surface area contributed by atoms with Gasteiger partial charge >= 0.3 is 5.91 Å². The molecular formula is C34H29Br2FN4O6. The number of anilines is 1. The van der Waals surface area contributed by atoms with Crippen LogP contribution in [0.15, 0.2) is 97.3 Å². The molecule has 47 heavy (non-hydrogen) atoms. The number of hydrazone groups is 1. The van der Waals surface area contributed by atoms with E-state index in [1.165, 1.54) is 37.6 Å². The number of aryl methyl sites for hydroxylation is 2. The van der Waals surface area contributed by atoms with Gasteiger partial charge < -0.3 is 28.5 Å². The molecule has 0 aliphatic carbocycles. The molecule has 0 atom stereocenters. The van der Waals surface area contributed by atoms with E-state index in [4.69, 9.17) is 18.6 Å². The minimum absolute atomic E-state index is 0.0627. The Kier molecular flexibility index (Phi) is 10.8. The molecule has 0 radical (unpaired) electrons. The summed E-state index contributed by atoms with van der Waals surface area (Å²) in [6, 6.07) is 22.2. The summed E-state index contributed by atoms with van der Waals surface area (Å²) in [5, 5.41) is 6.60. The van der Waals surface area contributed by atoms with Crippen LogP contribution >= 0.6 is 31.9 Å². The Morgan fingerprint density at radius 3 is 2.40 bits per heavy atom. The lowest BCUT2D eigenvalue weighted by molar-refractivity contribution is -0.118. The highest BCUT2D eigenvalue weighted by molar-refractivity contribution is 9.13. The first-order chi connectivity index (χ1) is 22.6. The number of rotatable bonds is 12. The molecule has 0 fully saturated rings. The number of ether oxygens (including phenoxy) is 3. The molecule has 5 rings (SSSR count). The number of methoxy groups -OCH3 is 1. The number of aromatic nitrogens is 1. The summed E-state index contributed by atoms with van der Waals surface area (Å²) in [5.74, 6) is 0.230. The van der Waals surface area contributed by atoms with Crippen LogP contribution < -0.4 is 25.0 Å². The average Bonchev–Trinajstić information content (AvgIpc) is 3.67. The standard InChI is InChI=1S/C34H29Br2FN4O6/c1-20-7-8-21(2)41(20)25-9-11-26(12-10-25)45-18-27-13-14-28(47-27)34(43)40-38-17-22-15-29(44-3)33(32(36)31(22)35)46-19-30(42)39-24-6-4-5-23(37)16-24/h4-17H,18-19H2,1-3H3,(H,39,42)(H,40,43)/b38-17+. The maximum atomic E-state index is 13.4. The summed E-state index contributed by atoms with van der Waals surface area (Å²) in [6.45, 7) is 3.89. The third-order valence-electron chi connectivity index (χ3n) is 6.83. The van der Waals surface area contributed by atoms with E-state index in [1.54, 1.807) is 18.2 Å². The van der Waals surface area contributed by atoms with Crippen molar-refractivity contribution >= 4 is 55.6 Å². The van der Waals surface area contributed by atoms with E-state index in [9.17, 15) is 14.0 Å². The van der Waals surface area contributed by atoms with Crippen molar-refractivity contribution in [2.45, 2.75) is 20.5 Å². The lowest BCUT2D eigenvalue weighted by atomic mass is 10.2. The Hall–Kier alpha value is -4.88. The Morgan fingerprint density at radius 2 is 1.70 bits per heavy atom. The zero-order valence-electron chi connectivity index (χ0n) is 25.5. The summed E-state index contributed by atoms with van der Waals surface area (Å²) < 4.78 is 39.2. The number of hydrogen-bond donors (Lipinski definition) is 2. The Bertz CT molecular complexity index is 1920. The van der Waals surface area contributed by atoms with Crippen molar-refractivity contribution in [3.63, 3.8) is 0 Å². The number of amides is 2. The normalized spacial score (nSPS) is 11.0. The molecule has 3 aromatic carbocycles. The molecule has 0 aliphatic rings. The number of carbonyl (C=O) groups excluding carboxylic acids is 2. The summed E-state index contributed by atoms with van der Waals surface area (Å²) in [5.41, 5.74) is 6.61. The minimum Gasteiger partial charge on any atom is -0.493 e. The lowest BCUT2D eigenvalue weighted by Gasteiger charge is -2.15. The van der Waals surface area contributed by atoms with Gasteiger partial charge in [0.1, 0.15) is 23.9 Å². The van der Waals surface area contributed by atoms with E-state index in [2.05, 4.69) is 78.3 Å². The van der Waals surface area contributed by atoms with Gasteiger partial charge in [0.05, 0.1) is 17.8 Å².